The lowest BCUT2D eigenvalue weighted by atomic mass is 10.2. The van der Waals surface area contributed by atoms with Crippen LogP contribution in [-0.2, 0) is 4.79 Å². The van der Waals surface area contributed by atoms with Gasteiger partial charge in [0.15, 0.2) is 11.0 Å². The highest BCUT2D eigenvalue weighted by Crippen LogP contribution is 2.28. The van der Waals surface area contributed by atoms with E-state index in [1.165, 1.54) is 30.1 Å². The molecule has 4 aromatic rings. The summed E-state index contributed by atoms with van der Waals surface area (Å²) >= 11 is 1.24. The van der Waals surface area contributed by atoms with Crippen LogP contribution in [0.4, 0.5) is 4.39 Å². The molecule has 7 nitrogen and oxygen atoms in total. The van der Waals surface area contributed by atoms with Crippen LogP contribution >= 0.6 is 11.8 Å². The molecule has 1 N–H and O–H groups in total. The number of amides is 1. The second kappa shape index (κ2) is 11.2. The van der Waals surface area contributed by atoms with E-state index in [1.54, 1.807) is 12.1 Å². The van der Waals surface area contributed by atoms with E-state index in [9.17, 15) is 9.18 Å². The third kappa shape index (κ3) is 5.87. The van der Waals surface area contributed by atoms with Gasteiger partial charge in [0.05, 0.1) is 18.6 Å². The summed E-state index contributed by atoms with van der Waals surface area (Å²) in [6, 6.07) is 23.3. The van der Waals surface area contributed by atoms with Gasteiger partial charge in [0.1, 0.15) is 11.6 Å². The lowest BCUT2D eigenvalue weighted by Crippen LogP contribution is -2.20. The average molecular weight is 476 g/mol. The van der Waals surface area contributed by atoms with Crippen molar-refractivity contribution >= 4 is 23.9 Å². The molecule has 1 aromatic heterocycles. The standard InChI is InChI=1S/C25H22FN5O2S/c1-2-33-22-13-11-21(12-14-22)31-24(19-8-4-3-5-9-19)29-30-25(31)34-17-23(32)28-27-16-18-7-6-10-20(26)15-18/h3-16H,2,17H2,1H3,(H,28,32)/b27-16-. The Morgan fingerprint density at radius 3 is 2.62 bits per heavy atom. The van der Waals surface area contributed by atoms with Crippen molar-refractivity contribution in [2.75, 3.05) is 12.4 Å². The summed E-state index contributed by atoms with van der Waals surface area (Å²) in [4.78, 5) is 12.3. The van der Waals surface area contributed by atoms with Crippen LogP contribution in [0.15, 0.2) is 89.1 Å². The third-order valence-electron chi connectivity index (χ3n) is 4.66. The first-order valence-electron chi connectivity index (χ1n) is 10.6. The Balaban J connectivity index is 1.51. The Kier molecular flexibility index (Phi) is 7.67. The van der Waals surface area contributed by atoms with Crippen LogP contribution in [0.25, 0.3) is 17.1 Å². The SMILES string of the molecule is CCOc1ccc(-n2c(SCC(=O)N/N=C\c3cccc(F)c3)nnc2-c2ccccc2)cc1. The molecule has 0 aliphatic rings. The Bertz CT molecular complexity index is 1280. The molecule has 0 aliphatic heterocycles. The summed E-state index contributed by atoms with van der Waals surface area (Å²) in [7, 11) is 0. The van der Waals surface area contributed by atoms with Crippen molar-refractivity contribution in [2.24, 2.45) is 5.10 Å². The number of ether oxygens (including phenoxy) is 1. The second-order valence-electron chi connectivity index (χ2n) is 7.07. The highest BCUT2D eigenvalue weighted by Gasteiger charge is 2.17. The van der Waals surface area contributed by atoms with E-state index in [-0.39, 0.29) is 17.5 Å². The van der Waals surface area contributed by atoms with Gasteiger partial charge >= 0.3 is 0 Å². The number of rotatable bonds is 9. The third-order valence-corrected chi connectivity index (χ3v) is 5.58. The van der Waals surface area contributed by atoms with Crippen LogP contribution in [0, 0.1) is 5.82 Å². The zero-order chi connectivity index (χ0) is 23.8. The lowest BCUT2D eigenvalue weighted by Gasteiger charge is -2.11. The van der Waals surface area contributed by atoms with Crippen LogP contribution in [0.5, 0.6) is 5.75 Å². The van der Waals surface area contributed by atoms with Crippen molar-refractivity contribution in [1.29, 1.82) is 0 Å². The molecule has 0 atom stereocenters. The van der Waals surface area contributed by atoms with Crippen molar-refractivity contribution in [2.45, 2.75) is 12.1 Å². The first-order chi connectivity index (χ1) is 16.6. The molecular weight excluding hydrogens is 453 g/mol. The predicted molar refractivity (Wildman–Crippen MR) is 131 cm³/mol. The molecule has 0 spiro atoms. The fourth-order valence-electron chi connectivity index (χ4n) is 3.16. The van der Waals surface area contributed by atoms with E-state index in [1.807, 2.05) is 66.1 Å². The molecule has 0 aliphatic carbocycles. The van der Waals surface area contributed by atoms with Crippen LogP contribution in [-0.4, -0.2) is 39.2 Å². The molecule has 1 heterocycles. The minimum Gasteiger partial charge on any atom is -0.494 e. The van der Waals surface area contributed by atoms with Gasteiger partial charge < -0.3 is 4.74 Å². The monoisotopic (exact) mass is 475 g/mol. The Morgan fingerprint density at radius 1 is 1.09 bits per heavy atom. The minimum absolute atomic E-state index is 0.0739. The molecule has 0 radical (unpaired) electrons. The van der Waals surface area contributed by atoms with Crippen LogP contribution in [0.2, 0.25) is 0 Å². The largest absolute Gasteiger partial charge is 0.494 e. The number of thioether (sulfide) groups is 1. The number of hydrogen-bond donors (Lipinski definition) is 1. The number of halogens is 1. The number of carbonyl (C=O) groups is 1. The maximum atomic E-state index is 13.2. The molecule has 1 amide bonds. The molecule has 0 unspecified atom stereocenters. The summed E-state index contributed by atoms with van der Waals surface area (Å²) < 4.78 is 20.7. The van der Waals surface area contributed by atoms with Gasteiger partial charge in [-0.25, -0.2) is 9.82 Å². The second-order valence-corrected chi connectivity index (χ2v) is 8.01. The zero-order valence-corrected chi connectivity index (χ0v) is 19.2. The van der Waals surface area contributed by atoms with Gasteiger partial charge in [0.2, 0.25) is 0 Å². The molecule has 172 valence electrons. The van der Waals surface area contributed by atoms with Gasteiger partial charge in [-0.1, -0.05) is 54.2 Å². The molecule has 0 saturated carbocycles. The molecule has 9 heteroatoms. The molecule has 34 heavy (non-hydrogen) atoms. The summed E-state index contributed by atoms with van der Waals surface area (Å²) in [5.41, 5.74) is 4.75. The summed E-state index contributed by atoms with van der Waals surface area (Å²) in [5, 5.41) is 13.2. The van der Waals surface area contributed by atoms with Gasteiger partial charge in [-0.3, -0.25) is 9.36 Å². The van der Waals surface area contributed by atoms with Gasteiger partial charge in [0.25, 0.3) is 5.91 Å². The van der Waals surface area contributed by atoms with Gasteiger partial charge in [-0.05, 0) is 48.9 Å². The predicted octanol–water partition coefficient (Wildman–Crippen LogP) is 4.71. The topological polar surface area (TPSA) is 81.4 Å². The number of benzene rings is 3. The summed E-state index contributed by atoms with van der Waals surface area (Å²) in [5.74, 6) is 0.820. The summed E-state index contributed by atoms with van der Waals surface area (Å²) in [6.45, 7) is 2.52. The fourth-order valence-corrected chi connectivity index (χ4v) is 3.90. The maximum absolute atomic E-state index is 13.2. The number of nitrogens with one attached hydrogen (secondary N) is 1. The first kappa shape index (κ1) is 23.2. The number of carbonyl (C=O) groups excluding carboxylic acids is 1. The Hall–Kier alpha value is -3.98. The van der Waals surface area contributed by atoms with Crippen molar-refractivity contribution in [3.8, 4) is 22.8 Å². The maximum Gasteiger partial charge on any atom is 0.250 e. The number of hydrogen-bond acceptors (Lipinski definition) is 6. The molecule has 4 rings (SSSR count). The average Bonchev–Trinajstić information content (AvgIpc) is 3.28. The van der Waals surface area contributed by atoms with Gasteiger partial charge in [0, 0.05) is 11.3 Å². The lowest BCUT2D eigenvalue weighted by molar-refractivity contribution is -0.118. The minimum atomic E-state index is -0.367. The van der Waals surface area contributed by atoms with Crippen LogP contribution < -0.4 is 10.2 Å². The summed E-state index contributed by atoms with van der Waals surface area (Å²) in [6.07, 6.45) is 1.39. The Labute approximate surface area is 200 Å². The molecule has 3 aromatic carbocycles. The van der Waals surface area contributed by atoms with E-state index < -0.39 is 0 Å². The van der Waals surface area contributed by atoms with Crippen LogP contribution in [0.3, 0.4) is 0 Å². The number of aromatic nitrogens is 3. The Morgan fingerprint density at radius 2 is 1.88 bits per heavy atom. The highest BCUT2D eigenvalue weighted by atomic mass is 32.2. The van der Waals surface area contributed by atoms with Gasteiger partial charge in [-0.15, -0.1) is 10.2 Å². The van der Waals surface area contributed by atoms with E-state index in [0.29, 0.717) is 23.2 Å². The first-order valence-corrected chi connectivity index (χ1v) is 11.6. The van der Waals surface area contributed by atoms with Crippen molar-refractivity contribution < 1.29 is 13.9 Å². The van der Waals surface area contributed by atoms with Gasteiger partial charge in [-0.2, -0.15) is 5.10 Å². The number of hydrazone groups is 1. The van der Waals surface area contributed by atoms with Crippen molar-refractivity contribution in [3.63, 3.8) is 0 Å². The zero-order valence-electron chi connectivity index (χ0n) is 18.4. The fraction of sp³-hybridized carbons (Fsp3) is 0.120. The van der Waals surface area contributed by atoms with Crippen LogP contribution in [0.1, 0.15) is 12.5 Å². The highest BCUT2D eigenvalue weighted by molar-refractivity contribution is 7.99. The quantitative estimate of drug-likeness (QED) is 0.215. The smallest absolute Gasteiger partial charge is 0.250 e. The van der Waals surface area contributed by atoms with E-state index in [0.717, 1.165) is 17.0 Å². The molecule has 0 bridgehead atoms. The van der Waals surface area contributed by atoms with Crippen molar-refractivity contribution in [1.82, 2.24) is 20.2 Å². The number of nitrogens with zero attached hydrogens (tertiary/aromatic N) is 4. The van der Waals surface area contributed by atoms with E-state index in [2.05, 4.69) is 20.7 Å². The van der Waals surface area contributed by atoms with Crippen molar-refractivity contribution in [3.05, 3.63) is 90.2 Å². The molecule has 0 fully saturated rings. The van der Waals surface area contributed by atoms with E-state index in [4.69, 9.17) is 4.74 Å². The van der Waals surface area contributed by atoms with E-state index >= 15 is 0 Å². The normalized spacial score (nSPS) is 11.0. The molecule has 0 saturated heterocycles. The molecular formula is C25H22FN5O2S.